The maximum Gasteiger partial charge on any atom is 0.342 e. The van der Waals surface area contributed by atoms with E-state index in [1.807, 2.05) is 6.07 Å². The first kappa shape index (κ1) is 14.3. The molecule has 6 heteroatoms. The van der Waals surface area contributed by atoms with E-state index >= 15 is 0 Å². The van der Waals surface area contributed by atoms with Crippen LogP contribution in [0.3, 0.4) is 0 Å². The van der Waals surface area contributed by atoms with Crippen LogP contribution >= 0.6 is 0 Å². The standard InChI is InChI=1S/C15H13N3O3/c1-20-14-7-11(17)2-3-13(14)15(19)21-9-10-4-5-18-12(6-10)8-16/h2-7H,9,17H2,1H3. The quantitative estimate of drug-likeness (QED) is 0.679. The van der Waals surface area contributed by atoms with Crippen molar-refractivity contribution in [1.82, 2.24) is 4.98 Å². The average Bonchev–Trinajstić information content (AvgIpc) is 2.52. The number of carbonyl (C=O) groups is 1. The van der Waals surface area contributed by atoms with E-state index in [9.17, 15) is 4.79 Å². The number of methoxy groups -OCH3 is 1. The van der Waals surface area contributed by atoms with Crippen LogP contribution in [0.2, 0.25) is 0 Å². The molecule has 0 unspecified atom stereocenters. The molecule has 0 fully saturated rings. The largest absolute Gasteiger partial charge is 0.496 e. The van der Waals surface area contributed by atoms with Crippen LogP contribution in [0.15, 0.2) is 36.5 Å². The first-order valence-corrected chi connectivity index (χ1v) is 6.09. The van der Waals surface area contributed by atoms with Crippen LogP contribution in [0, 0.1) is 11.3 Å². The van der Waals surface area contributed by atoms with Gasteiger partial charge in [0.1, 0.15) is 29.7 Å². The molecule has 2 rings (SSSR count). The van der Waals surface area contributed by atoms with Crippen molar-refractivity contribution in [2.75, 3.05) is 12.8 Å². The van der Waals surface area contributed by atoms with Gasteiger partial charge in [-0.05, 0) is 29.8 Å². The summed E-state index contributed by atoms with van der Waals surface area (Å²) in [6.45, 7) is 0.0452. The van der Waals surface area contributed by atoms with Crippen molar-refractivity contribution in [3.8, 4) is 11.8 Å². The highest BCUT2D eigenvalue weighted by atomic mass is 16.5. The number of benzene rings is 1. The van der Waals surface area contributed by atoms with E-state index in [2.05, 4.69) is 4.98 Å². The predicted molar refractivity (Wildman–Crippen MR) is 75.5 cm³/mol. The molecule has 0 aliphatic heterocycles. The second kappa shape index (κ2) is 6.39. The number of esters is 1. The molecule has 21 heavy (non-hydrogen) atoms. The fourth-order valence-corrected chi connectivity index (χ4v) is 1.73. The number of aromatic nitrogens is 1. The fraction of sp³-hybridized carbons (Fsp3) is 0.133. The minimum absolute atomic E-state index is 0.0452. The number of ether oxygens (including phenoxy) is 2. The van der Waals surface area contributed by atoms with Crippen LogP contribution in [0.25, 0.3) is 0 Å². The van der Waals surface area contributed by atoms with Crippen molar-refractivity contribution in [2.45, 2.75) is 6.61 Å². The van der Waals surface area contributed by atoms with Gasteiger partial charge in [-0.1, -0.05) is 0 Å². The Morgan fingerprint density at radius 3 is 2.90 bits per heavy atom. The molecule has 1 heterocycles. The van der Waals surface area contributed by atoms with Crippen LogP contribution in [0.5, 0.6) is 5.75 Å². The Kier molecular flexibility index (Phi) is 4.36. The van der Waals surface area contributed by atoms with Gasteiger partial charge in [0.15, 0.2) is 0 Å². The number of hydrogen-bond donors (Lipinski definition) is 1. The number of anilines is 1. The zero-order valence-electron chi connectivity index (χ0n) is 11.4. The van der Waals surface area contributed by atoms with Gasteiger partial charge >= 0.3 is 5.97 Å². The normalized spacial score (nSPS) is 9.71. The van der Waals surface area contributed by atoms with Crippen molar-refractivity contribution in [2.24, 2.45) is 0 Å². The number of hydrogen-bond acceptors (Lipinski definition) is 6. The monoisotopic (exact) mass is 283 g/mol. The smallest absolute Gasteiger partial charge is 0.342 e. The lowest BCUT2D eigenvalue weighted by Gasteiger charge is -2.09. The Labute approximate surface area is 121 Å². The second-order valence-electron chi connectivity index (χ2n) is 4.20. The van der Waals surface area contributed by atoms with Crippen LogP contribution < -0.4 is 10.5 Å². The van der Waals surface area contributed by atoms with E-state index in [1.165, 1.54) is 13.3 Å². The number of rotatable bonds is 4. The second-order valence-corrected chi connectivity index (χ2v) is 4.20. The first-order valence-electron chi connectivity index (χ1n) is 6.09. The predicted octanol–water partition coefficient (Wildman–Crippen LogP) is 1.90. The molecule has 6 nitrogen and oxygen atoms in total. The highest BCUT2D eigenvalue weighted by Gasteiger charge is 2.14. The highest BCUT2D eigenvalue weighted by molar-refractivity contribution is 5.93. The van der Waals surface area contributed by atoms with E-state index < -0.39 is 5.97 Å². The topological polar surface area (TPSA) is 98.2 Å². The minimum Gasteiger partial charge on any atom is -0.496 e. The molecule has 2 N–H and O–H groups in total. The molecule has 0 aliphatic carbocycles. The number of nitrogen functional groups attached to an aromatic ring is 1. The number of pyridine rings is 1. The summed E-state index contributed by atoms with van der Waals surface area (Å²) in [4.78, 5) is 15.9. The molecule has 0 atom stereocenters. The Morgan fingerprint density at radius 2 is 2.19 bits per heavy atom. The Hall–Kier alpha value is -3.07. The van der Waals surface area contributed by atoms with Gasteiger partial charge in [0.05, 0.1) is 7.11 Å². The lowest BCUT2D eigenvalue weighted by molar-refractivity contribution is 0.0469. The van der Waals surface area contributed by atoms with E-state index in [-0.39, 0.29) is 12.3 Å². The van der Waals surface area contributed by atoms with E-state index in [4.69, 9.17) is 20.5 Å². The van der Waals surface area contributed by atoms with Gasteiger partial charge in [0.25, 0.3) is 0 Å². The summed E-state index contributed by atoms with van der Waals surface area (Å²) in [5, 5.41) is 8.76. The van der Waals surface area contributed by atoms with Crippen molar-refractivity contribution in [3.05, 3.63) is 53.3 Å². The maximum absolute atomic E-state index is 12.0. The highest BCUT2D eigenvalue weighted by Crippen LogP contribution is 2.22. The molecule has 1 aromatic heterocycles. The molecular formula is C15H13N3O3. The molecule has 0 radical (unpaired) electrons. The third-order valence-electron chi connectivity index (χ3n) is 2.75. The fourth-order valence-electron chi connectivity index (χ4n) is 1.73. The lowest BCUT2D eigenvalue weighted by Crippen LogP contribution is -2.08. The molecule has 106 valence electrons. The molecule has 0 saturated heterocycles. The molecule has 1 aromatic carbocycles. The summed E-state index contributed by atoms with van der Waals surface area (Å²) in [6, 6.07) is 9.86. The van der Waals surface area contributed by atoms with Gasteiger partial charge in [0.2, 0.25) is 0 Å². The third kappa shape index (κ3) is 3.48. The zero-order valence-corrected chi connectivity index (χ0v) is 11.4. The summed E-state index contributed by atoms with van der Waals surface area (Å²) in [7, 11) is 1.45. The SMILES string of the molecule is COc1cc(N)ccc1C(=O)OCc1ccnc(C#N)c1. The maximum atomic E-state index is 12.0. The van der Waals surface area contributed by atoms with Crippen LogP contribution in [-0.4, -0.2) is 18.1 Å². The molecule has 0 bridgehead atoms. The Balaban J connectivity index is 2.10. The summed E-state index contributed by atoms with van der Waals surface area (Å²) >= 11 is 0. The third-order valence-corrected chi connectivity index (χ3v) is 2.75. The van der Waals surface area contributed by atoms with Crippen molar-refractivity contribution >= 4 is 11.7 Å². The molecule has 0 saturated carbocycles. The lowest BCUT2D eigenvalue weighted by atomic mass is 10.2. The molecule has 0 aliphatic rings. The number of nitrogens with two attached hydrogens (primary N) is 1. The summed E-state index contributed by atoms with van der Waals surface area (Å²) < 4.78 is 10.3. The minimum atomic E-state index is -0.526. The molecular weight excluding hydrogens is 270 g/mol. The average molecular weight is 283 g/mol. The first-order chi connectivity index (χ1) is 10.1. The Morgan fingerprint density at radius 1 is 1.38 bits per heavy atom. The van der Waals surface area contributed by atoms with Gasteiger partial charge < -0.3 is 15.2 Å². The summed E-state index contributed by atoms with van der Waals surface area (Å²) in [5.41, 5.74) is 7.38. The summed E-state index contributed by atoms with van der Waals surface area (Å²) in [5.74, 6) is -0.172. The van der Waals surface area contributed by atoms with Gasteiger partial charge in [-0.25, -0.2) is 9.78 Å². The van der Waals surface area contributed by atoms with Crippen molar-refractivity contribution < 1.29 is 14.3 Å². The zero-order chi connectivity index (χ0) is 15.2. The molecule has 2 aromatic rings. The van der Waals surface area contributed by atoms with Crippen molar-refractivity contribution in [1.29, 1.82) is 5.26 Å². The summed E-state index contributed by atoms with van der Waals surface area (Å²) in [6.07, 6.45) is 1.49. The molecule has 0 spiro atoms. The van der Waals surface area contributed by atoms with Crippen LogP contribution in [0.1, 0.15) is 21.6 Å². The van der Waals surface area contributed by atoms with E-state index in [0.717, 1.165) is 0 Å². The van der Waals surface area contributed by atoms with Gasteiger partial charge in [0, 0.05) is 18.0 Å². The van der Waals surface area contributed by atoms with Gasteiger partial charge in [-0.2, -0.15) is 5.26 Å². The number of nitriles is 1. The number of nitrogens with zero attached hydrogens (tertiary/aromatic N) is 2. The van der Waals surface area contributed by atoms with Crippen LogP contribution in [0.4, 0.5) is 5.69 Å². The van der Waals surface area contributed by atoms with Gasteiger partial charge in [-0.15, -0.1) is 0 Å². The number of carbonyl (C=O) groups excluding carboxylic acids is 1. The van der Waals surface area contributed by atoms with Crippen LogP contribution in [-0.2, 0) is 11.3 Å². The van der Waals surface area contributed by atoms with E-state index in [1.54, 1.807) is 30.3 Å². The molecule has 0 amide bonds. The van der Waals surface area contributed by atoms with Crippen molar-refractivity contribution in [3.63, 3.8) is 0 Å². The van der Waals surface area contributed by atoms with Gasteiger partial charge in [-0.3, -0.25) is 0 Å². The van der Waals surface area contributed by atoms with E-state index in [0.29, 0.717) is 22.6 Å². The Bertz CT molecular complexity index is 708.